The Morgan fingerprint density at radius 3 is 2.62 bits per heavy atom. The predicted octanol–water partition coefficient (Wildman–Crippen LogP) is 2.70. The van der Waals surface area contributed by atoms with Crippen LogP contribution >= 0.6 is 0 Å². The third-order valence-electron chi connectivity index (χ3n) is 2.91. The topological polar surface area (TPSA) is 29.5 Å². The number of aliphatic hydroxyl groups is 1. The second-order valence-corrected chi connectivity index (χ2v) is 4.03. The summed E-state index contributed by atoms with van der Waals surface area (Å²) in [4.78, 5) is 0. The van der Waals surface area contributed by atoms with E-state index in [0.29, 0.717) is 6.42 Å². The molecule has 0 aromatic heterocycles. The van der Waals surface area contributed by atoms with E-state index in [2.05, 4.69) is 0 Å². The smallest absolute Gasteiger partial charge is 0.154 e. The SMILES string of the molecule is CCC(O)OCCC1CCCCC1. The van der Waals surface area contributed by atoms with Crippen molar-refractivity contribution in [1.82, 2.24) is 0 Å². The quantitative estimate of drug-likeness (QED) is 0.669. The molecule has 1 saturated carbocycles. The van der Waals surface area contributed by atoms with Gasteiger partial charge in [-0.05, 0) is 18.8 Å². The Balaban J connectivity index is 1.98. The van der Waals surface area contributed by atoms with Crippen molar-refractivity contribution in [2.24, 2.45) is 5.92 Å². The van der Waals surface area contributed by atoms with Gasteiger partial charge in [0, 0.05) is 6.61 Å². The molecule has 0 amide bonds. The van der Waals surface area contributed by atoms with Crippen LogP contribution in [0.15, 0.2) is 0 Å². The summed E-state index contributed by atoms with van der Waals surface area (Å²) in [5.74, 6) is 0.859. The molecule has 1 aliphatic carbocycles. The zero-order valence-corrected chi connectivity index (χ0v) is 8.67. The van der Waals surface area contributed by atoms with Gasteiger partial charge in [-0.2, -0.15) is 0 Å². The Bertz CT molecular complexity index is 119. The van der Waals surface area contributed by atoms with Crippen molar-refractivity contribution >= 4 is 0 Å². The molecule has 0 aromatic carbocycles. The van der Waals surface area contributed by atoms with Crippen molar-refractivity contribution in [3.8, 4) is 0 Å². The average Bonchev–Trinajstić information content (AvgIpc) is 2.19. The highest BCUT2D eigenvalue weighted by Gasteiger charge is 2.13. The molecule has 0 aromatic rings. The van der Waals surface area contributed by atoms with Crippen molar-refractivity contribution in [1.29, 1.82) is 0 Å². The summed E-state index contributed by atoms with van der Waals surface area (Å²) in [6, 6.07) is 0. The van der Waals surface area contributed by atoms with Gasteiger partial charge in [-0.15, -0.1) is 0 Å². The van der Waals surface area contributed by atoms with Crippen LogP contribution in [-0.2, 0) is 4.74 Å². The Hall–Kier alpha value is -0.0800. The van der Waals surface area contributed by atoms with Crippen molar-refractivity contribution in [2.75, 3.05) is 6.61 Å². The monoisotopic (exact) mass is 186 g/mol. The molecular weight excluding hydrogens is 164 g/mol. The third-order valence-corrected chi connectivity index (χ3v) is 2.91. The Labute approximate surface area is 81.3 Å². The van der Waals surface area contributed by atoms with E-state index < -0.39 is 6.29 Å². The average molecular weight is 186 g/mol. The molecule has 0 aliphatic heterocycles. The van der Waals surface area contributed by atoms with Crippen molar-refractivity contribution in [3.05, 3.63) is 0 Å². The Morgan fingerprint density at radius 1 is 1.31 bits per heavy atom. The van der Waals surface area contributed by atoms with E-state index in [4.69, 9.17) is 9.84 Å². The van der Waals surface area contributed by atoms with Crippen LogP contribution in [0.1, 0.15) is 51.9 Å². The lowest BCUT2D eigenvalue weighted by molar-refractivity contribution is -0.103. The summed E-state index contributed by atoms with van der Waals surface area (Å²) in [7, 11) is 0. The van der Waals surface area contributed by atoms with E-state index in [1.165, 1.54) is 32.1 Å². The number of rotatable bonds is 5. The largest absolute Gasteiger partial charge is 0.368 e. The van der Waals surface area contributed by atoms with Crippen LogP contribution in [0.3, 0.4) is 0 Å². The molecule has 1 aliphatic rings. The van der Waals surface area contributed by atoms with Crippen molar-refractivity contribution in [2.45, 2.75) is 58.2 Å². The molecule has 0 heterocycles. The van der Waals surface area contributed by atoms with Gasteiger partial charge in [0.1, 0.15) is 0 Å². The zero-order chi connectivity index (χ0) is 9.52. The van der Waals surface area contributed by atoms with Crippen LogP contribution in [0.2, 0.25) is 0 Å². The van der Waals surface area contributed by atoms with Crippen LogP contribution in [0.25, 0.3) is 0 Å². The van der Waals surface area contributed by atoms with E-state index in [-0.39, 0.29) is 0 Å². The first-order valence-corrected chi connectivity index (χ1v) is 5.62. The second-order valence-electron chi connectivity index (χ2n) is 4.03. The molecule has 2 heteroatoms. The molecule has 13 heavy (non-hydrogen) atoms. The van der Waals surface area contributed by atoms with Gasteiger partial charge in [0.2, 0.25) is 0 Å². The van der Waals surface area contributed by atoms with Crippen molar-refractivity contribution < 1.29 is 9.84 Å². The van der Waals surface area contributed by atoms with Crippen LogP contribution in [0.5, 0.6) is 0 Å². The minimum absolute atomic E-state index is 0.538. The normalized spacial score (nSPS) is 21.7. The third kappa shape index (κ3) is 4.63. The Morgan fingerprint density at radius 2 is 2.00 bits per heavy atom. The minimum Gasteiger partial charge on any atom is -0.368 e. The fourth-order valence-electron chi connectivity index (χ4n) is 1.96. The maximum absolute atomic E-state index is 9.17. The van der Waals surface area contributed by atoms with Gasteiger partial charge in [0.25, 0.3) is 0 Å². The van der Waals surface area contributed by atoms with E-state index >= 15 is 0 Å². The molecular formula is C11H22O2. The van der Waals surface area contributed by atoms with Gasteiger partial charge in [-0.1, -0.05) is 39.0 Å². The highest BCUT2D eigenvalue weighted by molar-refractivity contribution is 4.65. The summed E-state index contributed by atoms with van der Waals surface area (Å²) in [6.45, 7) is 2.67. The van der Waals surface area contributed by atoms with Gasteiger partial charge < -0.3 is 9.84 Å². The van der Waals surface area contributed by atoms with Crippen molar-refractivity contribution in [3.63, 3.8) is 0 Å². The lowest BCUT2D eigenvalue weighted by Crippen LogP contribution is -2.15. The van der Waals surface area contributed by atoms with E-state index in [0.717, 1.165) is 18.9 Å². The van der Waals surface area contributed by atoms with E-state index in [1.807, 2.05) is 6.92 Å². The van der Waals surface area contributed by atoms with Crippen LogP contribution in [0, 0.1) is 5.92 Å². The summed E-state index contributed by atoms with van der Waals surface area (Å²) in [5.41, 5.74) is 0. The van der Waals surface area contributed by atoms with Crippen LogP contribution in [0.4, 0.5) is 0 Å². The standard InChI is InChI=1S/C11H22O2/c1-2-11(12)13-9-8-10-6-4-3-5-7-10/h10-12H,2-9H2,1H3. The first kappa shape index (κ1) is 11.0. The number of hydrogen-bond donors (Lipinski definition) is 1. The maximum Gasteiger partial charge on any atom is 0.154 e. The minimum atomic E-state index is -0.538. The molecule has 0 bridgehead atoms. The van der Waals surface area contributed by atoms with Gasteiger partial charge in [0.15, 0.2) is 6.29 Å². The number of ether oxygens (including phenoxy) is 1. The molecule has 1 N–H and O–H groups in total. The summed E-state index contributed by atoms with van der Waals surface area (Å²) in [5, 5.41) is 9.17. The summed E-state index contributed by atoms with van der Waals surface area (Å²) >= 11 is 0. The summed E-state index contributed by atoms with van der Waals surface area (Å²) in [6.07, 6.45) is 8.22. The molecule has 1 rings (SSSR count). The van der Waals surface area contributed by atoms with Gasteiger partial charge in [-0.3, -0.25) is 0 Å². The lowest BCUT2D eigenvalue weighted by Gasteiger charge is -2.21. The molecule has 1 fully saturated rings. The number of aliphatic hydroxyl groups excluding tert-OH is 1. The molecule has 1 unspecified atom stereocenters. The van der Waals surface area contributed by atoms with Gasteiger partial charge in [-0.25, -0.2) is 0 Å². The molecule has 2 nitrogen and oxygen atoms in total. The lowest BCUT2D eigenvalue weighted by atomic mass is 9.87. The first-order chi connectivity index (χ1) is 6.33. The highest BCUT2D eigenvalue weighted by atomic mass is 16.6. The maximum atomic E-state index is 9.17. The zero-order valence-electron chi connectivity index (χ0n) is 8.67. The number of hydrogen-bond acceptors (Lipinski definition) is 2. The predicted molar refractivity (Wildman–Crippen MR) is 53.4 cm³/mol. The summed E-state index contributed by atoms with van der Waals surface area (Å²) < 4.78 is 5.25. The van der Waals surface area contributed by atoms with E-state index in [1.54, 1.807) is 0 Å². The van der Waals surface area contributed by atoms with Crippen LogP contribution in [-0.4, -0.2) is 18.0 Å². The molecule has 0 saturated heterocycles. The fraction of sp³-hybridized carbons (Fsp3) is 1.00. The molecule has 0 spiro atoms. The fourth-order valence-corrected chi connectivity index (χ4v) is 1.96. The van der Waals surface area contributed by atoms with E-state index in [9.17, 15) is 0 Å². The van der Waals surface area contributed by atoms with Crippen LogP contribution < -0.4 is 0 Å². The van der Waals surface area contributed by atoms with Gasteiger partial charge in [0.05, 0.1) is 0 Å². The first-order valence-electron chi connectivity index (χ1n) is 5.62. The second kappa shape index (κ2) is 6.39. The highest BCUT2D eigenvalue weighted by Crippen LogP contribution is 2.26. The molecule has 1 atom stereocenters. The molecule has 78 valence electrons. The Kier molecular flexibility index (Phi) is 5.40. The molecule has 0 radical (unpaired) electrons. The van der Waals surface area contributed by atoms with Gasteiger partial charge >= 0.3 is 0 Å².